The molecule has 2 heterocycles. The zero-order valence-electron chi connectivity index (χ0n) is 8.69. The third-order valence-corrected chi connectivity index (χ3v) is 3.46. The molecular formula is C10H17N3O2. The van der Waals surface area contributed by atoms with Crippen LogP contribution in [-0.4, -0.2) is 34.8 Å². The second kappa shape index (κ2) is 3.81. The number of nitrogens with zero attached hydrogens (tertiary/aromatic N) is 1. The average Bonchev–Trinajstić information content (AvgIpc) is 2.55. The van der Waals surface area contributed by atoms with Crippen LogP contribution >= 0.6 is 0 Å². The van der Waals surface area contributed by atoms with Crippen molar-refractivity contribution in [3.63, 3.8) is 0 Å². The molecule has 2 aliphatic heterocycles. The molecule has 5 heteroatoms. The fraction of sp³-hybridized carbons (Fsp3) is 0.800. The maximum absolute atomic E-state index is 11.9. The molecule has 2 fully saturated rings. The summed E-state index contributed by atoms with van der Waals surface area (Å²) in [6.45, 7) is 0. The summed E-state index contributed by atoms with van der Waals surface area (Å²) in [6, 6.07) is -0.690. The average molecular weight is 211 g/mol. The molecule has 84 valence electrons. The molecule has 0 spiro atoms. The van der Waals surface area contributed by atoms with Crippen LogP contribution in [0.5, 0.6) is 0 Å². The molecule has 0 aromatic carbocycles. The minimum absolute atomic E-state index is 0.0983. The number of rotatable bonds is 1. The number of hydrogen-bond donors (Lipinski definition) is 2. The van der Waals surface area contributed by atoms with E-state index in [1.165, 1.54) is 0 Å². The van der Waals surface area contributed by atoms with Gasteiger partial charge in [-0.3, -0.25) is 9.59 Å². The van der Waals surface area contributed by atoms with Crippen molar-refractivity contribution >= 4 is 11.8 Å². The van der Waals surface area contributed by atoms with E-state index in [0.717, 1.165) is 25.7 Å². The number of carbonyl (C=O) groups excluding carboxylic acids is 2. The zero-order chi connectivity index (χ0) is 11.0. The quantitative estimate of drug-likeness (QED) is 0.603. The third kappa shape index (κ3) is 1.71. The number of amides is 2. The fourth-order valence-electron chi connectivity index (χ4n) is 2.67. The lowest BCUT2D eigenvalue weighted by atomic mass is 10.1. The van der Waals surface area contributed by atoms with E-state index >= 15 is 0 Å². The van der Waals surface area contributed by atoms with Gasteiger partial charge in [0.05, 0.1) is 6.04 Å². The number of hydrogen-bond acceptors (Lipinski definition) is 3. The molecule has 2 amide bonds. The van der Waals surface area contributed by atoms with Gasteiger partial charge in [-0.1, -0.05) is 0 Å². The number of carbonyl (C=O) groups is 2. The van der Waals surface area contributed by atoms with E-state index in [-0.39, 0.29) is 11.9 Å². The first kappa shape index (κ1) is 10.4. The van der Waals surface area contributed by atoms with E-state index < -0.39 is 18.0 Å². The highest BCUT2D eigenvalue weighted by Crippen LogP contribution is 2.30. The maximum Gasteiger partial charge on any atom is 0.240 e. The van der Waals surface area contributed by atoms with E-state index in [1.54, 1.807) is 4.90 Å². The highest BCUT2D eigenvalue weighted by atomic mass is 16.2. The van der Waals surface area contributed by atoms with Gasteiger partial charge in [0.15, 0.2) is 0 Å². The van der Waals surface area contributed by atoms with Crippen molar-refractivity contribution in [2.45, 2.75) is 50.2 Å². The molecule has 0 saturated carbocycles. The van der Waals surface area contributed by atoms with Crippen molar-refractivity contribution in [3.05, 3.63) is 0 Å². The maximum atomic E-state index is 11.9. The first-order chi connectivity index (χ1) is 7.11. The minimum atomic E-state index is -0.449. The summed E-state index contributed by atoms with van der Waals surface area (Å²) in [5.41, 5.74) is 11.0. The standard InChI is InChI=1S/C10H17N3O2/c11-7-3-1-2-6-4-5-8(9(12)14)13(6)10(7)15/h6-8H,1-5,11H2,(H2,12,14)/t6?,7-,8-/m0/s1. The Morgan fingerprint density at radius 3 is 2.67 bits per heavy atom. The van der Waals surface area contributed by atoms with Crippen LogP contribution in [-0.2, 0) is 9.59 Å². The highest BCUT2D eigenvalue weighted by Gasteiger charge is 2.42. The van der Waals surface area contributed by atoms with Gasteiger partial charge in [0.1, 0.15) is 6.04 Å². The lowest BCUT2D eigenvalue weighted by Crippen LogP contribution is -2.51. The molecule has 0 aromatic rings. The van der Waals surface area contributed by atoms with Crippen molar-refractivity contribution in [1.29, 1.82) is 0 Å². The van der Waals surface area contributed by atoms with Crippen LogP contribution in [0.25, 0.3) is 0 Å². The van der Waals surface area contributed by atoms with Crippen molar-refractivity contribution in [2.24, 2.45) is 11.5 Å². The van der Waals surface area contributed by atoms with Crippen LogP contribution in [0.1, 0.15) is 32.1 Å². The summed E-state index contributed by atoms with van der Waals surface area (Å²) in [5.74, 6) is -0.501. The van der Waals surface area contributed by atoms with Crippen LogP contribution < -0.4 is 11.5 Å². The fourth-order valence-corrected chi connectivity index (χ4v) is 2.67. The summed E-state index contributed by atoms with van der Waals surface area (Å²) in [7, 11) is 0. The molecule has 2 aliphatic rings. The first-order valence-corrected chi connectivity index (χ1v) is 5.48. The Labute approximate surface area is 88.8 Å². The molecule has 1 unspecified atom stereocenters. The van der Waals surface area contributed by atoms with Crippen molar-refractivity contribution < 1.29 is 9.59 Å². The third-order valence-electron chi connectivity index (χ3n) is 3.46. The molecule has 3 atom stereocenters. The van der Waals surface area contributed by atoms with Gasteiger partial charge in [0, 0.05) is 6.04 Å². The van der Waals surface area contributed by atoms with Crippen molar-refractivity contribution in [3.8, 4) is 0 Å². The molecule has 0 radical (unpaired) electrons. The summed E-state index contributed by atoms with van der Waals surface area (Å²) >= 11 is 0. The normalized spacial score (nSPS) is 36.2. The Hall–Kier alpha value is -1.10. The van der Waals surface area contributed by atoms with E-state index in [1.807, 2.05) is 0 Å². The molecule has 15 heavy (non-hydrogen) atoms. The van der Waals surface area contributed by atoms with E-state index in [9.17, 15) is 9.59 Å². The van der Waals surface area contributed by atoms with Gasteiger partial charge in [0.2, 0.25) is 11.8 Å². The van der Waals surface area contributed by atoms with Crippen LogP contribution in [0.3, 0.4) is 0 Å². The van der Waals surface area contributed by atoms with Crippen molar-refractivity contribution in [2.75, 3.05) is 0 Å². The minimum Gasteiger partial charge on any atom is -0.368 e. The predicted molar refractivity (Wildman–Crippen MR) is 54.7 cm³/mol. The van der Waals surface area contributed by atoms with Gasteiger partial charge >= 0.3 is 0 Å². The Morgan fingerprint density at radius 2 is 2.00 bits per heavy atom. The van der Waals surface area contributed by atoms with Gasteiger partial charge in [0.25, 0.3) is 0 Å². The largest absolute Gasteiger partial charge is 0.368 e. The predicted octanol–water partition coefficient (Wildman–Crippen LogP) is -0.657. The molecular weight excluding hydrogens is 194 g/mol. The second-order valence-electron chi connectivity index (χ2n) is 4.43. The molecule has 2 saturated heterocycles. The van der Waals surface area contributed by atoms with Crippen molar-refractivity contribution in [1.82, 2.24) is 4.90 Å². The summed E-state index contributed by atoms with van der Waals surface area (Å²) in [6.07, 6.45) is 4.20. The van der Waals surface area contributed by atoms with Gasteiger partial charge < -0.3 is 16.4 Å². The lowest BCUT2D eigenvalue weighted by molar-refractivity contribution is -0.139. The Balaban J connectivity index is 2.23. The van der Waals surface area contributed by atoms with Crippen LogP contribution in [0.4, 0.5) is 0 Å². The lowest BCUT2D eigenvalue weighted by Gasteiger charge is -2.28. The first-order valence-electron chi connectivity index (χ1n) is 5.48. The monoisotopic (exact) mass is 211 g/mol. The smallest absolute Gasteiger partial charge is 0.240 e. The van der Waals surface area contributed by atoms with Crippen LogP contribution in [0.2, 0.25) is 0 Å². The summed E-state index contributed by atoms with van der Waals surface area (Å²) < 4.78 is 0. The molecule has 2 rings (SSSR count). The second-order valence-corrected chi connectivity index (χ2v) is 4.43. The van der Waals surface area contributed by atoms with E-state index in [2.05, 4.69) is 0 Å². The highest BCUT2D eigenvalue weighted by molar-refractivity contribution is 5.90. The molecule has 0 aliphatic carbocycles. The molecule has 0 aromatic heterocycles. The summed E-state index contributed by atoms with van der Waals surface area (Å²) in [5, 5.41) is 0. The number of nitrogens with two attached hydrogens (primary N) is 2. The SMILES string of the molecule is NC(=O)[C@@H]1CCC2CCC[C@H](N)C(=O)N21. The van der Waals surface area contributed by atoms with Gasteiger partial charge in [-0.2, -0.15) is 0 Å². The number of fused-ring (bicyclic) bond motifs is 1. The Bertz CT molecular complexity index is 292. The van der Waals surface area contributed by atoms with E-state index in [4.69, 9.17) is 11.5 Å². The van der Waals surface area contributed by atoms with E-state index in [0.29, 0.717) is 6.42 Å². The Kier molecular flexibility index (Phi) is 2.65. The van der Waals surface area contributed by atoms with Gasteiger partial charge in [-0.15, -0.1) is 0 Å². The number of primary amides is 1. The molecule has 5 nitrogen and oxygen atoms in total. The van der Waals surface area contributed by atoms with Gasteiger partial charge in [-0.05, 0) is 32.1 Å². The van der Waals surface area contributed by atoms with Gasteiger partial charge in [-0.25, -0.2) is 0 Å². The van der Waals surface area contributed by atoms with Crippen LogP contribution in [0.15, 0.2) is 0 Å². The zero-order valence-corrected chi connectivity index (χ0v) is 8.69. The molecule has 4 N–H and O–H groups in total. The topological polar surface area (TPSA) is 89.4 Å². The van der Waals surface area contributed by atoms with Crippen LogP contribution in [0, 0.1) is 0 Å². The molecule has 0 bridgehead atoms. The summed E-state index contributed by atoms with van der Waals surface area (Å²) in [4.78, 5) is 24.8. The Morgan fingerprint density at radius 1 is 1.27 bits per heavy atom.